The summed E-state index contributed by atoms with van der Waals surface area (Å²) in [6.07, 6.45) is -10.4. The fraction of sp³-hybridized carbons (Fsp3) is 1.00. The van der Waals surface area contributed by atoms with Gasteiger partial charge in [0, 0.05) is 0 Å². The Morgan fingerprint density at radius 1 is 1.00 bits per heavy atom. The molecule has 0 spiro atoms. The minimum Gasteiger partial charge on any atom is -0.384 e. The van der Waals surface area contributed by atoms with Crippen LogP contribution >= 0.6 is 0 Å². The van der Waals surface area contributed by atoms with Gasteiger partial charge in [-0.1, -0.05) is 0 Å². The summed E-state index contributed by atoms with van der Waals surface area (Å²) in [5.74, 6) is -3.06. The van der Waals surface area contributed by atoms with Crippen molar-refractivity contribution in [2.75, 3.05) is 0 Å². The van der Waals surface area contributed by atoms with Crippen LogP contribution in [0, 0.1) is 0 Å². The van der Waals surface area contributed by atoms with Crippen LogP contribution in [-0.2, 0) is 4.74 Å². The van der Waals surface area contributed by atoms with Crippen LogP contribution in [0.25, 0.3) is 0 Å². The van der Waals surface area contributed by atoms with Gasteiger partial charge in [0.1, 0.15) is 12.2 Å². The monoisotopic (exact) mass is 212 g/mol. The molecule has 1 heterocycles. The molecule has 0 radical (unpaired) electrons. The molecule has 1 fully saturated rings. The van der Waals surface area contributed by atoms with Crippen molar-refractivity contribution in [2.45, 2.75) is 36.7 Å². The summed E-state index contributed by atoms with van der Waals surface area (Å²) in [7, 11) is 0. The number of aliphatic hydroxyl groups is 7. The Kier molecular flexibility index (Phi) is 3.09. The van der Waals surface area contributed by atoms with Gasteiger partial charge in [-0.15, -0.1) is 0 Å². The molecule has 0 saturated carbocycles. The number of aliphatic hydroxyl groups excluding tert-OH is 4. The summed E-state index contributed by atoms with van der Waals surface area (Å²) in [6.45, 7) is 0. The lowest BCUT2D eigenvalue weighted by Crippen LogP contribution is -2.68. The topological polar surface area (TPSA) is 151 Å². The molecule has 0 aromatic carbocycles. The molecule has 4 atom stereocenters. The predicted molar refractivity (Wildman–Crippen MR) is 38.3 cm³/mol. The van der Waals surface area contributed by atoms with E-state index in [9.17, 15) is 0 Å². The maximum absolute atomic E-state index is 9.14. The van der Waals surface area contributed by atoms with E-state index < -0.39 is 36.7 Å². The third kappa shape index (κ3) is 1.74. The summed E-state index contributed by atoms with van der Waals surface area (Å²) in [6, 6.07) is 0. The van der Waals surface area contributed by atoms with Crippen LogP contribution < -0.4 is 0 Å². The van der Waals surface area contributed by atoms with Gasteiger partial charge in [-0.3, -0.25) is 0 Å². The Labute approximate surface area is 78.2 Å². The van der Waals surface area contributed by atoms with Crippen LogP contribution in [0.15, 0.2) is 0 Å². The zero-order chi connectivity index (χ0) is 11.1. The molecule has 0 aromatic rings. The van der Waals surface area contributed by atoms with Crippen molar-refractivity contribution in [3.8, 4) is 0 Å². The third-order valence-electron chi connectivity index (χ3n) is 2.04. The van der Waals surface area contributed by atoms with E-state index in [1.54, 1.807) is 0 Å². The maximum atomic E-state index is 9.14. The lowest BCUT2D eigenvalue weighted by Gasteiger charge is -2.43. The predicted octanol–water partition coefficient (Wildman–Crippen LogP) is -4.58. The van der Waals surface area contributed by atoms with Crippen molar-refractivity contribution in [3.63, 3.8) is 0 Å². The molecular formula is C6H12O8. The number of ether oxygens (including phenoxy) is 1. The SMILES string of the molecule is OC(O)[C@H]1OC(O)[C@H](O)C(O)(O)[C@H]1O. The van der Waals surface area contributed by atoms with Gasteiger partial charge >= 0.3 is 0 Å². The van der Waals surface area contributed by atoms with Gasteiger partial charge < -0.3 is 40.5 Å². The Balaban J connectivity index is 2.87. The van der Waals surface area contributed by atoms with Gasteiger partial charge in [0.05, 0.1) is 0 Å². The van der Waals surface area contributed by atoms with E-state index in [4.69, 9.17) is 35.7 Å². The Morgan fingerprint density at radius 2 is 1.50 bits per heavy atom. The first-order chi connectivity index (χ1) is 6.28. The van der Waals surface area contributed by atoms with E-state index in [2.05, 4.69) is 4.74 Å². The normalized spacial score (nSPS) is 42.9. The standard InChI is InChI=1S/C6H12O8/c7-2-1(4(9)10)14-5(11)3(8)6(2,12)13/h1-5,7-13H/t1-,2-,3-,5?/m0/s1. The zero-order valence-corrected chi connectivity index (χ0v) is 6.93. The van der Waals surface area contributed by atoms with Crippen LogP contribution in [0.2, 0.25) is 0 Å². The molecule has 0 bridgehead atoms. The molecule has 0 amide bonds. The summed E-state index contributed by atoms with van der Waals surface area (Å²) in [5, 5.41) is 62.5. The summed E-state index contributed by atoms with van der Waals surface area (Å²) < 4.78 is 4.34. The second kappa shape index (κ2) is 3.68. The quantitative estimate of drug-likeness (QED) is 0.214. The van der Waals surface area contributed by atoms with Gasteiger partial charge in [-0.05, 0) is 0 Å². The van der Waals surface area contributed by atoms with E-state index >= 15 is 0 Å². The second-order valence-corrected chi connectivity index (χ2v) is 3.08. The van der Waals surface area contributed by atoms with Gasteiger partial charge in [-0.2, -0.15) is 0 Å². The van der Waals surface area contributed by atoms with Gasteiger partial charge in [0.2, 0.25) is 5.79 Å². The highest BCUT2D eigenvalue weighted by molar-refractivity contribution is 4.94. The van der Waals surface area contributed by atoms with Crippen molar-refractivity contribution in [3.05, 3.63) is 0 Å². The summed E-state index contributed by atoms with van der Waals surface area (Å²) in [4.78, 5) is 0. The minimum absolute atomic E-state index is 1.82. The fourth-order valence-electron chi connectivity index (χ4n) is 1.17. The summed E-state index contributed by atoms with van der Waals surface area (Å²) in [5.41, 5.74) is 0. The molecule has 8 heteroatoms. The lowest BCUT2D eigenvalue weighted by molar-refractivity contribution is -0.396. The number of hydrogen-bond donors (Lipinski definition) is 7. The van der Waals surface area contributed by atoms with Crippen molar-refractivity contribution in [1.29, 1.82) is 0 Å². The van der Waals surface area contributed by atoms with Crippen LogP contribution in [0.3, 0.4) is 0 Å². The molecule has 1 unspecified atom stereocenters. The first-order valence-corrected chi connectivity index (χ1v) is 3.79. The molecule has 1 aliphatic rings. The van der Waals surface area contributed by atoms with E-state index in [0.717, 1.165) is 0 Å². The lowest BCUT2D eigenvalue weighted by atomic mass is 9.94. The maximum Gasteiger partial charge on any atom is 0.224 e. The number of hydrogen-bond acceptors (Lipinski definition) is 8. The minimum atomic E-state index is -3.06. The van der Waals surface area contributed by atoms with Crippen molar-refractivity contribution >= 4 is 0 Å². The molecule has 1 saturated heterocycles. The summed E-state index contributed by atoms with van der Waals surface area (Å²) >= 11 is 0. The van der Waals surface area contributed by atoms with E-state index in [-0.39, 0.29) is 0 Å². The zero-order valence-electron chi connectivity index (χ0n) is 6.93. The Hall–Kier alpha value is -0.320. The molecular weight excluding hydrogens is 200 g/mol. The first kappa shape index (κ1) is 11.8. The van der Waals surface area contributed by atoms with Gasteiger partial charge in [0.25, 0.3) is 0 Å². The first-order valence-electron chi connectivity index (χ1n) is 3.79. The fourth-order valence-corrected chi connectivity index (χ4v) is 1.17. The molecule has 7 N–H and O–H groups in total. The molecule has 0 aromatic heterocycles. The van der Waals surface area contributed by atoms with E-state index in [0.29, 0.717) is 0 Å². The van der Waals surface area contributed by atoms with Crippen LogP contribution in [0.1, 0.15) is 0 Å². The smallest absolute Gasteiger partial charge is 0.224 e. The average Bonchev–Trinajstić information content (AvgIpc) is 2.08. The van der Waals surface area contributed by atoms with Crippen LogP contribution in [0.5, 0.6) is 0 Å². The van der Waals surface area contributed by atoms with Crippen molar-refractivity contribution in [1.82, 2.24) is 0 Å². The molecule has 0 aliphatic carbocycles. The highest BCUT2D eigenvalue weighted by atomic mass is 16.7. The van der Waals surface area contributed by atoms with Gasteiger partial charge in [-0.25, -0.2) is 0 Å². The molecule has 1 rings (SSSR count). The highest BCUT2D eigenvalue weighted by Crippen LogP contribution is 2.27. The third-order valence-corrected chi connectivity index (χ3v) is 2.04. The van der Waals surface area contributed by atoms with Crippen LogP contribution in [-0.4, -0.2) is 72.4 Å². The molecule has 84 valence electrons. The molecule has 1 aliphatic heterocycles. The van der Waals surface area contributed by atoms with E-state index in [1.165, 1.54) is 0 Å². The van der Waals surface area contributed by atoms with Gasteiger partial charge in [0.15, 0.2) is 18.7 Å². The second-order valence-electron chi connectivity index (χ2n) is 3.08. The van der Waals surface area contributed by atoms with Crippen LogP contribution in [0.4, 0.5) is 0 Å². The van der Waals surface area contributed by atoms with Crippen molar-refractivity contribution in [2.24, 2.45) is 0 Å². The van der Waals surface area contributed by atoms with Crippen molar-refractivity contribution < 1.29 is 40.5 Å². The van der Waals surface area contributed by atoms with E-state index in [1.807, 2.05) is 0 Å². The Morgan fingerprint density at radius 3 is 1.93 bits per heavy atom. The highest BCUT2D eigenvalue weighted by Gasteiger charge is 2.55. The largest absolute Gasteiger partial charge is 0.384 e. The molecule has 8 nitrogen and oxygen atoms in total. The average molecular weight is 212 g/mol. The molecule has 14 heavy (non-hydrogen) atoms. The Bertz CT molecular complexity index is 204. The number of rotatable bonds is 1.